The monoisotopic (exact) mass is 381 g/mol. The molecule has 2 heterocycles. The zero-order chi connectivity index (χ0) is 20.3. The molecule has 0 radical (unpaired) electrons. The molecular formula is C21H27N5O2. The van der Waals surface area contributed by atoms with E-state index in [1.165, 1.54) is 6.20 Å². The maximum atomic E-state index is 12.6. The highest BCUT2D eigenvalue weighted by Gasteiger charge is 2.21. The van der Waals surface area contributed by atoms with Gasteiger partial charge >= 0.3 is 0 Å². The molecule has 28 heavy (non-hydrogen) atoms. The Labute approximate surface area is 165 Å². The summed E-state index contributed by atoms with van der Waals surface area (Å²) in [6.07, 6.45) is 3.12. The van der Waals surface area contributed by atoms with E-state index in [9.17, 15) is 9.59 Å². The number of amides is 2. The molecule has 7 nitrogen and oxygen atoms in total. The minimum Gasteiger partial charge on any atom is -0.352 e. The minimum absolute atomic E-state index is 0.0819. The summed E-state index contributed by atoms with van der Waals surface area (Å²) in [5, 5.41) is 2.95. The van der Waals surface area contributed by atoms with Gasteiger partial charge in [0.2, 0.25) is 5.91 Å². The van der Waals surface area contributed by atoms with E-state index >= 15 is 0 Å². The fourth-order valence-electron chi connectivity index (χ4n) is 3.28. The van der Waals surface area contributed by atoms with Gasteiger partial charge in [0.15, 0.2) is 0 Å². The molecule has 0 aliphatic carbocycles. The predicted octanol–water partition coefficient (Wildman–Crippen LogP) is 2.69. The average Bonchev–Trinajstić information content (AvgIpc) is 2.68. The van der Waals surface area contributed by atoms with Crippen LogP contribution < -0.4 is 10.2 Å². The summed E-state index contributed by atoms with van der Waals surface area (Å²) in [5.41, 5.74) is 2.04. The van der Waals surface area contributed by atoms with Crippen molar-refractivity contribution in [3.8, 4) is 0 Å². The first-order valence-electron chi connectivity index (χ1n) is 9.49. The molecule has 2 aromatic rings. The molecule has 1 aromatic carbocycles. The predicted molar refractivity (Wildman–Crippen MR) is 110 cm³/mol. The van der Waals surface area contributed by atoms with Gasteiger partial charge in [0.1, 0.15) is 11.5 Å². The van der Waals surface area contributed by atoms with Gasteiger partial charge in [-0.2, -0.15) is 0 Å². The number of nitrogens with zero attached hydrogens (tertiary/aromatic N) is 4. The van der Waals surface area contributed by atoms with Crippen LogP contribution in [-0.4, -0.2) is 52.9 Å². The third-order valence-corrected chi connectivity index (χ3v) is 4.90. The number of benzene rings is 1. The van der Waals surface area contributed by atoms with Gasteiger partial charge in [0.05, 0.1) is 12.4 Å². The summed E-state index contributed by atoms with van der Waals surface area (Å²) >= 11 is 0. The molecule has 3 rings (SSSR count). The fraction of sp³-hybridized carbons (Fsp3) is 0.429. The molecule has 0 unspecified atom stereocenters. The van der Waals surface area contributed by atoms with Crippen LogP contribution in [-0.2, 0) is 10.2 Å². The highest BCUT2D eigenvalue weighted by atomic mass is 16.2. The lowest BCUT2D eigenvalue weighted by molar-refractivity contribution is -0.129. The number of para-hydroxylation sites is 1. The summed E-state index contributed by atoms with van der Waals surface area (Å²) in [5.74, 6) is 0.528. The van der Waals surface area contributed by atoms with Crippen molar-refractivity contribution < 1.29 is 9.59 Å². The van der Waals surface area contributed by atoms with Crippen LogP contribution in [0.3, 0.4) is 0 Å². The summed E-state index contributed by atoms with van der Waals surface area (Å²) in [7, 11) is 0. The van der Waals surface area contributed by atoms with Crippen LogP contribution in [0, 0.1) is 0 Å². The summed E-state index contributed by atoms with van der Waals surface area (Å²) < 4.78 is 0. The zero-order valence-electron chi connectivity index (χ0n) is 16.9. The lowest BCUT2D eigenvalue weighted by Gasteiger charge is -2.34. The number of anilines is 2. The Hall–Kier alpha value is -2.96. The van der Waals surface area contributed by atoms with Gasteiger partial charge in [-0.15, -0.1) is 0 Å². The van der Waals surface area contributed by atoms with Gasteiger partial charge < -0.3 is 15.1 Å². The number of piperazine rings is 1. The van der Waals surface area contributed by atoms with Crippen molar-refractivity contribution in [3.05, 3.63) is 47.9 Å². The second-order valence-corrected chi connectivity index (χ2v) is 8.00. The number of hydrogen-bond acceptors (Lipinski definition) is 5. The van der Waals surface area contributed by atoms with Gasteiger partial charge in [-0.05, 0) is 17.0 Å². The Morgan fingerprint density at radius 1 is 1.00 bits per heavy atom. The van der Waals surface area contributed by atoms with Crippen LogP contribution in [0.5, 0.6) is 0 Å². The Morgan fingerprint density at radius 2 is 1.68 bits per heavy atom. The first kappa shape index (κ1) is 19.8. The highest BCUT2D eigenvalue weighted by molar-refractivity contribution is 6.03. The molecule has 7 heteroatoms. The number of hydrogen-bond donors (Lipinski definition) is 1. The van der Waals surface area contributed by atoms with Crippen LogP contribution in [0.15, 0.2) is 36.7 Å². The van der Waals surface area contributed by atoms with Crippen molar-refractivity contribution in [2.24, 2.45) is 0 Å². The number of rotatable bonds is 3. The number of carbonyl (C=O) groups excluding carboxylic acids is 2. The number of aromatic nitrogens is 2. The second kappa shape index (κ2) is 7.96. The molecule has 1 aliphatic heterocycles. The van der Waals surface area contributed by atoms with Crippen molar-refractivity contribution in [1.82, 2.24) is 14.9 Å². The van der Waals surface area contributed by atoms with E-state index in [4.69, 9.17) is 0 Å². The number of nitrogens with one attached hydrogen (secondary N) is 1. The first-order valence-corrected chi connectivity index (χ1v) is 9.49. The van der Waals surface area contributed by atoms with E-state index in [1.807, 2.05) is 29.2 Å². The molecule has 0 spiro atoms. The highest BCUT2D eigenvalue weighted by Crippen LogP contribution is 2.29. The minimum atomic E-state index is -0.280. The molecule has 1 aliphatic rings. The third kappa shape index (κ3) is 4.47. The Bertz CT molecular complexity index is 850. The molecule has 0 atom stereocenters. The maximum absolute atomic E-state index is 12.6. The van der Waals surface area contributed by atoms with Crippen LogP contribution >= 0.6 is 0 Å². The van der Waals surface area contributed by atoms with Crippen LogP contribution in [0.1, 0.15) is 43.7 Å². The SMILES string of the molecule is CC(=O)N1CCN(c2cnc(C(=O)Nc3ccccc3C(C)(C)C)cn2)CC1. The molecular weight excluding hydrogens is 354 g/mol. The first-order chi connectivity index (χ1) is 13.3. The smallest absolute Gasteiger partial charge is 0.275 e. The maximum Gasteiger partial charge on any atom is 0.275 e. The summed E-state index contributed by atoms with van der Waals surface area (Å²) in [6, 6.07) is 7.79. The standard InChI is InChI=1S/C21H27N5O2/c1-15(27)25-9-11-26(12-10-25)19-14-22-18(13-23-19)20(28)24-17-8-6-5-7-16(17)21(2,3)4/h5-8,13-14H,9-12H2,1-4H3,(H,24,28). The van der Waals surface area contributed by atoms with Crippen LogP contribution in [0.4, 0.5) is 11.5 Å². The lowest BCUT2D eigenvalue weighted by Crippen LogP contribution is -2.48. The summed E-state index contributed by atoms with van der Waals surface area (Å²) in [6.45, 7) is 10.7. The van der Waals surface area contributed by atoms with Crippen molar-refractivity contribution >= 4 is 23.3 Å². The zero-order valence-corrected chi connectivity index (χ0v) is 16.9. The van der Waals surface area contributed by atoms with Crippen molar-refractivity contribution in [2.75, 3.05) is 36.4 Å². The van der Waals surface area contributed by atoms with E-state index in [1.54, 1.807) is 13.1 Å². The molecule has 0 bridgehead atoms. The largest absolute Gasteiger partial charge is 0.352 e. The lowest BCUT2D eigenvalue weighted by atomic mass is 9.86. The van der Waals surface area contributed by atoms with E-state index in [-0.39, 0.29) is 22.9 Å². The third-order valence-electron chi connectivity index (χ3n) is 4.90. The van der Waals surface area contributed by atoms with Gasteiger partial charge in [0, 0.05) is 38.8 Å². The topological polar surface area (TPSA) is 78.4 Å². The van der Waals surface area contributed by atoms with Crippen molar-refractivity contribution in [3.63, 3.8) is 0 Å². The van der Waals surface area contributed by atoms with E-state index in [0.717, 1.165) is 17.1 Å². The van der Waals surface area contributed by atoms with Gasteiger partial charge in [-0.3, -0.25) is 9.59 Å². The Balaban J connectivity index is 1.68. The fourth-order valence-corrected chi connectivity index (χ4v) is 3.28. The quantitative estimate of drug-likeness (QED) is 0.884. The van der Waals surface area contributed by atoms with Gasteiger partial charge in [-0.25, -0.2) is 9.97 Å². The Kier molecular flexibility index (Phi) is 5.63. The normalized spacial score (nSPS) is 14.7. The van der Waals surface area contributed by atoms with Gasteiger partial charge in [-0.1, -0.05) is 39.0 Å². The van der Waals surface area contributed by atoms with E-state index in [2.05, 4.69) is 41.0 Å². The van der Waals surface area contributed by atoms with E-state index in [0.29, 0.717) is 26.2 Å². The molecule has 1 aromatic heterocycles. The molecule has 1 N–H and O–H groups in total. The van der Waals surface area contributed by atoms with Crippen LogP contribution in [0.2, 0.25) is 0 Å². The molecule has 148 valence electrons. The average molecular weight is 381 g/mol. The molecule has 2 amide bonds. The number of carbonyl (C=O) groups is 2. The summed E-state index contributed by atoms with van der Waals surface area (Å²) in [4.78, 5) is 36.7. The molecule has 0 saturated carbocycles. The van der Waals surface area contributed by atoms with E-state index < -0.39 is 0 Å². The van der Waals surface area contributed by atoms with Crippen LogP contribution in [0.25, 0.3) is 0 Å². The Morgan fingerprint density at radius 3 is 2.25 bits per heavy atom. The second-order valence-electron chi connectivity index (χ2n) is 8.00. The molecule has 1 fully saturated rings. The van der Waals surface area contributed by atoms with Crippen molar-refractivity contribution in [1.29, 1.82) is 0 Å². The van der Waals surface area contributed by atoms with Crippen molar-refractivity contribution in [2.45, 2.75) is 33.1 Å². The molecule has 1 saturated heterocycles. The van der Waals surface area contributed by atoms with Gasteiger partial charge in [0.25, 0.3) is 5.91 Å².